The van der Waals surface area contributed by atoms with Crippen LogP contribution in [0.4, 0.5) is 0 Å². The number of carbonyl (C=O) groups is 2. The third-order valence-corrected chi connectivity index (χ3v) is 6.35. The van der Waals surface area contributed by atoms with E-state index in [-0.39, 0.29) is 11.3 Å². The predicted octanol–water partition coefficient (Wildman–Crippen LogP) is 2.00. The zero-order valence-electron chi connectivity index (χ0n) is 18.8. The largest absolute Gasteiger partial charge is 0.507 e. The summed E-state index contributed by atoms with van der Waals surface area (Å²) in [5.41, 5.74) is 1.19. The van der Waals surface area contributed by atoms with Gasteiger partial charge in [-0.15, -0.1) is 0 Å². The van der Waals surface area contributed by atoms with Crippen LogP contribution in [0.1, 0.15) is 23.6 Å². The summed E-state index contributed by atoms with van der Waals surface area (Å²) in [7, 11) is 0. The molecule has 1 aromatic carbocycles. The van der Waals surface area contributed by atoms with Gasteiger partial charge in [0.05, 0.1) is 24.8 Å². The summed E-state index contributed by atoms with van der Waals surface area (Å²) in [6.45, 7) is 5.18. The Bertz CT molecular complexity index is 1100. The van der Waals surface area contributed by atoms with Gasteiger partial charge >= 0.3 is 0 Å². The van der Waals surface area contributed by atoms with Crippen molar-refractivity contribution in [2.75, 3.05) is 52.6 Å². The van der Waals surface area contributed by atoms with Gasteiger partial charge in [0, 0.05) is 44.1 Å². The van der Waals surface area contributed by atoms with Gasteiger partial charge in [0.1, 0.15) is 19.0 Å². The Balaban J connectivity index is 1.46. The third-order valence-electron chi connectivity index (χ3n) is 6.35. The number of hydrogen-bond donors (Lipinski definition) is 1. The molecule has 0 aliphatic carbocycles. The Kier molecular flexibility index (Phi) is 6.46. The molecule has 34 heavy (non-hydrogen) atoms. The highest BCUT2D eigenvalue weighted by Crippen LogP contribution is 2.41. The predicted molar refractivity (Wildman–Crippen MR) is 123 cm³/mol. The van der Waals surface area contributed by atoms with Gasteiger partial charge in [-0.25, -0.2) is 0 Å². The second-order valence-corrected chi connectivity index (χ2v) is 8.44. The van der Waals surface area contributed by atoms with E-state index in [4.69, 9.17) is 14.2 Å². The molecule has 0 spiro atoms. The fraction of sp³-hybridized carbons (Fsp3) is 0.400. The molecule has 178 valence electrons. The van der Waals surface area contributed by atoms with Crippen LogP contribution in [0.25, 0.3) is 5.76 Å². The Labute approximate surface area is 197 Å². The molecule has 5 rings (SSSR count). The van der Waals surface area contributed by atoms with E-state index in [1.165, 1.54) is 0 Å². The molecule has 1 N–H and O–H groups in total. The quantitative estimate of drug-likeness (QED) is 0.393. The van der Waals surface area contributed by atoms with Crippen LogP contribution in [0.5, 0.6) is 11.5 Å². The van der Waals surface area contributed by atoms with E-state index in [1.807, 2.05) is 0 Å². The highest BCUT2D eigenvalue weighted by molar-refractivity contribution is 6.46. The number of morpholine rings is 1. The first-order chi connectivity index (χ1) is 16.6. The summed E-state index contributed by atoms with van der Waals surface area (Å²) in [6, 6.07) is 7.84. The lowest BCUT2D eigenvalue weighted by atomic mass is 9.95. The van der Waals surface area contributed by atoms with Crippen LogP contribution in [-0.4, -0.2) is 84.2 Å². The Morgan fingerprint density at radius 2 is 1.71 bits per heavy atom. The fourth-order valence-corrected chi connectivity index (χ4v) is 4.64. The molecule has 3 aliphatic rings. The van der Waals surface area contributed by atoms with E-state index in [0.717, 1.165) is 25.2 Å². The van der Waals surface area contributed by atoms with Crippen LogP contribution in [0.3, 0.4) is 0 Å². The molecule has 2 saturated heterocycles. The van der Waals surface area contributed by atoms with Gasteiger partial charge in [0.15, 0.2) is 11.5 Å². The van der Waals surface area contributed by atoms with Crippen molar-refractivity contribution in [2.24, 2.45) is 0 Å². The number of rotatable bonds is 6. The molecule has 9 heteroatoms. The maximum absolute atomic E-state index is 13.2. The lowest BCUT2D eigenvalue weighted by Gasteiger charge is -2.29. The average molecular weight is 466 g/mol. The third kappa shape index (κ3) is 4.36. The summed E-state index contributed by atoms with van der Waals surface area (Å²) in [5, 5.41) is 11.2. The molecule has 1 atom stereocenters. The lowest BCUT2D eigenvalue weighted by molar-refractivity contribution is -0.140. The number of hydrogen-bond acceptors (Lipinski definition) is 8. The van der Waals surface area contributed by atoms with Gasteiger partial charge in [-0.2, -0.15) is 0 Å². The van der Waals surface area contributed by atoms with Gasteiger partial charge in [0.2, 0.25) is 0 Å². The highest BCUT2D eigenvalue weighted by Gasteiger charge is 2.45. The van der Waals surface area contributed by atoms with Crippen LogP contribution >= 0.6 is 0 Å². The molecule has 9 nitrogen and oxygen atoms in total. The van der Waals surface area contributed by atoms with E-state index in [0.29, 0.717) is 56.5 Å². The van der Waals surface area contributed by atoms with Crippen LogP contribution in [0.15, 0.2) is 48.3 Å². The van der Waals surface area contributed by atoms with Gasteiger partial charge in [0.25, 0.3) is 11.7 Å². The second kappa shape index (κ2) is 9.82. The molecular formula is C25H27N3O6. The van der Waals surface area contributed by atoms with Crippen LogP contribution in [-0.2, 0) is 14.3 Å². The number of Topliss-reactive ketones (excluding diaryl/α,β-unsaturated/α-hetero) is 1. The summed E-state index contributed by atoms with van der Waals surface area (Å²) < 4.78 is 16.6. The summed E-state index contributed by atoms with van der Waals surface area (Å²) in [4.78, 5) is 34.2. The number of pyridine rings is 1. The first-order valence-electron chi connectivity index (χ1n) is 11.5. The zero-order valence-corrected chi connectivity index (χ0v) is 18.8. The lowest BCUT2D eigenvalue weighted by Crippen LogP contribution is -2.38. The fourth-order valence-electron chi connectivity index (χ4n) is 4.64. The number of aromatic nitrogens is 1. The monoisotopic (exact) mass is 465 g/mol. The smallest absolute Gasteiger partial charge is 0.295 e. The number of amides is 1. The number of likely N-dealkylation sites (tertiary alicyclic amines) is 1. The Hall–Kier alpha value is -3.43. The maximum Gasteiger partial charge on any atom is 0.295 e. The molecule has 0 radical (unpaired) electrons. The number of ether oxygens (including phenoxy) is 3. The van der Waals surface area contributed by atoms with Gasteiger partial charge < -0.3 is 24.2 Å². The molecule has 4 heterocycles. The number of fused-ring (bicyclic) bond motifs is 1. The minimum Gasteiger partial charge on any atom is -0.507 e. The van der Waals surface area contributed by atoms with Crippen molar-refractivity contribution in [3.05, 3.63) is 59.4 Å². The first-order valence-corrected chi connectivity index (χ1v) is 11.5. The molecule has 2 fully saturated rings. The molecule has 0 bridgehead atoms. The number of aliphatic hydroxyl groups excluding tert-OH is 1. The standard InChI is InChI=1S/C25H27N3O6/c29-23(18-2-3-19-20(16-18)34-15-14-33-19)21-22(17-4-6-26-7-5-17)28(25(31)24(21)30)9-1-8-27-10-12-32-13-11-27/h2-7,16,22,29H,1,8-15H2. The van der Waals surface area contributed by atoms with Gasteiger partial charge in [-0.3, -0.25) is 19.5 Å². The van der Waals surface area contributed by atoms with Crippen LogP contribution < -0.4 is 9.47 Å². The Morgan fingerprint density at radius 3 is 2.47 bits per heavy atom. The van der Waals surface area contributed by atoms with E-state index in [9.17, 15) is 14.7 Å². The molecule has 2 aromatic rings. The molecule has 0 saturated carbocycles. The number of ketones is 1. The number of carbonyl (C=O) groups excluding carboxylic acids is 2. The van der Waals surface area contributed by atoms with Gasteiger partial charge in [-0.05, 0) is 42.3 Å². The SMILES string of the molecule is O=C1C(=O)N(CCCN2CCOCC2)C(c2ccncc2)C1=C(O)c1ccc2c(c1)OCCO2. The molecule has 3 aliphatic heterocycles. The summed E-state index contributed by atoms with van der Waals surface area (Å²) in [5.74, 6) is -0.455. The average Bonchev–Trinajstić information content (AvgIpc) is 3.14. The minimum absolute atomic E-state index is 0.0688. The van der Waals surface area contributed by atoms with Gasteiger partial charge in [-0.1, -0.05) is 0 Å². The number of benzene rings is 1. The summed E-state index contributed by atoms with van der Waals surface area (Å²) in [6.07, 6.45) is 3.94. The van der Waals surface area contributed by atoms with Crippen molar-refractivity contribution in [1.29, 1.82) is 0 Å². The molecule has 1 amide bonds. The highest BCUT2D eigenvalue weighted by atomic mass is 16.6. The van der Waals surface area contributed by atoms with Crippen molar-refractivity contribution in [2.45, 2.75) is 12.5 Å². The molecular weight excluding hydrogens is 438 g/mol. The van der Waals surface area contributed by atoms with Crippen molar-refractivity contribution in [3.8, 4) is 11.5 Å². The molecule has 1 unspecified atom stereocenters. The van der Waals surface area contributed by atoms with E-state index >= 15 is 0 Å². The van der Waals surface area contributed by atoms with Crippen molar-refractivity contribution in [3.63, 3.8) is 0 Å². The van der Waals surface area contributed by atoms with Crippen molar-refractivity contribution >= 4 is 17.4 Å². The van der Waals surface area contributed by atoms with E-state index in [2.05, 4.69) is 9.88 Å². The first kappa shape index (κ1) is 22.4. The normalized spacial score (nSPS) is 22.2. The van der Waals surface area contributed by atoms with E-state index in [1.54, 1.807) is 47.6 Å². The van der Waals surface area contributed by atoms with E-state index < -0.39 is 17.7 Å². The van der Waals surface area contributed by atoms with Crippen molar-refractivity contribution in [1.82, 2.24) is 14.8 Å². The summed E-state index contributed by atoms with van der Waals surface area (Å²) >= 11 is 0. The second-order valence-electron chi connectivity index (χ2n) is 8.44. The Morgan fingerprint density at radius 1 is 0.971 bits per heavy atom. The number of nitrogens with zero attached hydrogens (tertiary/aromatic N) is 3. The molecule has 1 aromatic heterocycles. The topological polar surface area (TPSA) is 101 Å². The minimum atomic E-state index is -0.694. The van der Waals surface area contributed by atoms with Crippen LogP contribution in [0, 0.1) is 0 Å². The van der Waals surface area contributed by atoms with Crippen LogP contribution in [0.2, 0.25) is 0 Å². The maximum atomic E-state index is 13.2. The zero-order chi connectivity index (χ0) is 23.5. The van der Waals surface area contributed by atoms with Crippen molar-refractivity contribution < 1.29 is 28.9 Å². The number of aliphatic hydroxyl groups is 1.